The summed E-state index contributed by atoms with van der Waals surface area (Å²) in [6, 6.07) is 21.7. The molecule has 10 nitrogen and oxygen atoms in total. The number of aromatic nitrogens is 1. The lowest BCUT2D eigenvalue weighted by molar-refractivity contribution is -0.384. The SMILES string of the molecule is Cc1cc(C=C2C(=O)NC(=S)N(c3cccc(C(=O)O)c3)C2=O)c(C)n1-c1ccc(Sc2ccc([N+](=O)[O-])cc2)cc1. The number of carboxylic acids is 1. The van der Waals surface area contributed by atoms with Crippen molar-refractivity contribution >= 4 is 64.3 Å². The van der Waals surface area contributed by atoms with E-state index in [1.807, 2.05) is 48.7 Å². The van der Waals surface area contributed by atoms with E-state index in [1.165, 1.54) is 48.2 Å². The number of nitrogens with one attached hydrogen (secondary N) is 1. The Morgan fingerprint density at radius 1 is 0.976 bits per heavy atom. The van der Waals surface area contributed by atoms with Gasteiger partial charge in [-0.25, -0.2) is 4.79 Å². The number of anilines is 1. The summed E-state index contributed by atoms with van der Waals surface area (Å²) in [7, 11) is 0. The second kappa shape index (κ2) is 11.4. The van der Waals surface area contributed by atoms with Gasteiger partial charge in [-0.15, -0.1) is 0 Å². The Kier molecular flexibility index (Phi) is 7.74. The minimum Gasteiger partial charge on any atom is -0.478 e. The van der Waals surface area contributed by atoms with Gasteiger partial charge in [0.05, 0.1) is 16.2 Å². The van der Waals surface area contributed by atoms with Crippen LogP contribution in [0.1, 0.15) is 27.3 Å². The number of nitrogens with zero attached hydrogens (tertiary/aromatic N) is 3. The molecule has 0 saturated carbocycles. The maximum Gasteiger partial charge on any atom is 0.335 e. The number of carboxylic acid groups (broad SMARTS) is 1. The van der Waals surface area contributed by atoms with Gasteiger partial charge < -0.3 is 9.67 Å². The number of hydrogen-bond acceptors (Lipinski definition) is 7. The molecule has 42 heavy (non-hydrogen) atoms. The van der Waals surface area contributed by atoms with Crippen molar-refractivity contribution in [2.24, 2.45) is 0 Å². The summed E-state index contributed by atoms with van der Waals surface area (Å²) in [4.78, 5) is 51.1. The summed E-state index contributed by atoms with van der Waals surface area (Å²) in [5.74, 6) is -2.46. The molecule has 0 aliphatic carbocycles. The molecule has 3 aromatic carbocycles. The van der Waals surface area contributed by atoms with E-state index in [4.69, 9.17) is 12.2 Å². The fourth-order valence-corrected chi connectivity index (χ4v) is 5.69. The molecule has 0 unspecified atom stereocenters. The molecule has 1 aliphatic rings. The quantitative estimate of drug-likeness (QED) is 0.0912. The van der Waals surface area contributed by atoms with Gasteiger partial charge in [-0.05, 0) is 98.4 Å². The Morgan fingerprint density at radius 2 is 1.62 bits per heavy atom. The number of benzene rings is 3. The summed E-state index contributed by atoms with van der Waals surface area (Å²) in [6.45, 7) is 3.79. The highest BCUT2D eigenvalue weighted by Crippen LogP contribution is 2.31. The van der Waals surface area contributed by atoms with Gasteiger partial charge in [0.2, 0.25) is 0 Å². The van der Waals surface area contributed by atoms with Crippen molar-refractivity contribution in [2.45, 2.75) is 23.6 Å². The summed E-state index contributed by atoms with van der Waals surface area (Å²) in [5.41, 5.74) is 3.30. The maximum atomic E-state index is 13.5. The number of hydrogen-bond donors (Lipinski definition) is 2. The topological polar surface area (TPSA) is 135 Å². The Hall–Kier alpha value is -5.07. The smallest absolute Gasteiger partial charge is 0.335 e. The van der Waals surface area contributed by atoms with Crippen LogP contribution in [-0.4, -0.2) is 37.5 Å². The molecule has 0 bridgehead atoms. The Balaban J connectivity index is 1.42. The highest BCUT2D eigenvalue weighted by molar-refractivity contribution is 7.99. The maximum absolute atomic E-state index is 13.5. The predicted octanol–water partition coefficient (Wildman–Crippen LogP) is 5.68. The van der Waals surface area contributed by atoms with Crippen molar-refractivity contribution in [3.05, 3.63) is 117 Å². The van der Waals surface area contributed by atoms with Crippen molar-refractivity contribution in [1.29, 1.82) is 0 Å². The van der Waals surface area contributed by atoms with Crippen molar-refractivity contribution in [2.75, 3.05) is 4.90 Å². The molecule has 4 aromatic rings. The lowest BCUT2D eigenvalue weighted by Gasteiger charge is -2.29. The molecule has 0 atom stereocenters. The molecule has 0 radical (unpaired) electrons. The number of carbonyl (C=O) groups excluding carboxylic acids is 2. The summed E-state index contributed by atoms with van der Waals surface area (Å²) < 4.78 is 2.00. The van der Waals surface area contributed by atoms with Gasteiger partial charge in [0, 0.05) is 39.0 Å². The number of amides is 2. The number of nitro benzene ring substituents is 1. The third-order valence-electron chi connectivity index (χ3n) is 6.60. The van der Waals surface area contributed by atoms with Crippen LogP contribution in [-0.2, 0) is 9.59 Å². The van der Waals surface area contributed by atoms with Crippen LogP contribution in [0.25, 0.3) is 11.8 Å². The van der Waals surface area contributed by atoms with Crippen LogP contribution < -0.4 is 10.2 Å². The van der Waals surface area contributed by atoms with Gasteiger partial charge >= 0.3 is 5.97 Å². The monoisotopic (exact) mass is 598 g/mol. The molecule has 210 valence electrons. The fourth-order valence-electron chi connectivity index (χ4n) is 4.59. The van der Waals surface area contributed by atoms with E-state index in [1.54, 1.807) is 18.2 Å². The van der Waals surface area contributed by atoms with Gasteiger partial charge in [0.15, 0.2) is 5.11 Å². The number of thiocarbonyl (C=S) groups is 1. The number of carbonyl (C=O) groups is 3. The zero-order chi connectivity index (χ0) is 30.1. The molecular weight excluding hydrogens is 576 g/mol. The average molecular weight is 599 g/mol. The molecule has 1 fully saturated rings. The van der Waals surface area contributed by atoms with E-state index in [2.05, 4.69) is 5.32 Å². The molecule has 2 amide bonds. The molecule has 2 heterocycles. The summed E-state index contributed by atoms with van der Waals surface area (Å²) >= 11 is 6.72. The second-order valence-corrected chi connectivity index (χ2v) is 10.9. The van der Waals surface area contributed by atoms with Crippen molar-refractivity contribution in [1.82, 2.24) is 9.88 Å². The molecule has 1 saturated heterocycles. The minimum absolute atomic E-state index is 0.0220. The van der Waals surface area contributed by atoms with Crippen LogP contribution in [0.3, 0.4) is 0 Å². The normalized spacial score (nSPS) is 14.3. The first-order chi connectivity index (χ1) is 20.0. The van der Waals surface area contributed by atoms with Gasteiger partial charge in [0.25, 0.3) is 17.5 Å². The number of aryl methyl sites for hydroxylation is 1. The van der Waals surface area contributed by atoms with Crippen LogP contribution in [0.5, 0.6) is 0 Å². The minimum atomic E-state index is -1.16. The fraction of sp³-hybridized carbons (Fsp3) is 0.0667. The average Bonchev–Trinajstić information content (AvgIpc) is 3.24. The zero-order valence-electron chi connectivity index (χ0n) is 22.2. The first kappa shape index (κ1) is 28.5. The second-order valence-electron chi connectivity index (χ2n) is 9.32. The summed E-state index contributed by atoms with van der Waals surface area (Å²) in [5, 5.41) is 22.6. The van der Waals surface area contributed by atoms with Gasteiger partial charge in [-0.3, -0.25) is 29.9 Å². The van der Waals surface area contributed by atoms with Gasteiger partial charge in [-0.2, -0.15) is 0 Å². The van der Waals surface area contributed by atoms with E-state index in [9.17, 15) is 29.6 Å². The third kappa shape index (κ3) is 5.57. The van der Waals surface area contributed by atoms with E-state index in [0.29, 0.717) is 5.56 Å². The van der Waals surface area contributed by atoms with Crippen LogP contribution in [0.4, 0.5) is 11.4 Å². The molecule has 12 heteroatoms. The van der Waals surface area contributed by atoms with Crippen molar-refractivity contribution < 1.29 is 24.4 Å². The van der Waals surface area contributed by atoms with Crippen molar-refractivity contribution in [3.8, 4) is 5.69 Å². The van der Waals surface area contributed by atoms with E-state index < -0.39 is 22.7 Å². The Bertz CT molecular complexity index is 1810. The Morgan fingerprint density at radius 3 is 2.24 bits per heavy atom. The standard InChI is InChI=1S/C30H22N4O6S2/c1-17-14-20(16-26-27(35)31-30(41)33(28(26)36)23-5-3-4-19(15-23)29(37)38)18(2)32(17)21-6-10-24(11-7-21)42-25-12-8-22(9-13-25)34(39)40/h3-16H,1-2H3,(H,37,38)(H,31,35,41). The molecular formula is C30H22N4O6S2. The highest BCUT2D eigenvalue weighted by Gasteiger charge is 2.35. The lowest BCUT2D eigenvalue weighted by Crippen LogP contribution is -2.54. The molecule has 2 N–H and O–H groups in total. The number of aromatic carboxylic acids is 1. The first-order valence-corrected chi connectivity index (χ1v) is 13.7. The van der Waals surface area contributed by atoms with Crippen LogP contribution in [0.15, 0.2) is 94.2 Å². The molecule has 5 rings (SSSR count). The van der Waals surface area contributed by atoms with Crippen molar-refractivity contribution in [3.63, 3.8) is 0 Å². The van der Waals surface area contributed by atoms with E-state index in [-0.39, 0.29) is 27.6 Å². The lowest BCUT2D eigenvalue weighted by atomic mass is 10.1. The van der Waals surface area contributed by atoms with E-state index >= 15 is 0 Å². The van der Waals surface area contributed by atoms with Crippen LogP contribution in [0.2, 0.25) is 0 Å². The van der Waals surface area contributed by atoms with E-state index in [0.717, 1.165) is 31.8 Å². The van der Waals surface area contributed by atoms with Gasteiger partial charge in [0.1, 0.15) is 5.57 Å². The number of nitro groups is 1. The zero-order valence-corrected chi connectivity index (χ0v) is 23.9. The molecule has 1 aliphatic heterocycles. The third-order valence-corrected chi connectivity index (χ3v) is 7.90. The molecule has 1 aromatic heterocycles. The Labute approximate surface area is 249 Å². The van der Waals surface area contributed by atoms with Crippen LogP contribution in [0, 0.1) is 24.0 Å². The largest absolute Gasteiger partial charge is 0.478 e. The first-order valence-electron chi connectivity index (χ1n) is 12.5. The highest BCUT2D eigenvalue weighted by atomic mass is 32.2. The van der Waals surface area contributed by atoms with Crippen LogP contribution >= 0.6 is 24.0 Å². The summed E-state index contributed by atoms with van der Waals surface area (Å²) in [6.07, 6.45) is 1.51. The number of rotatable bonds is 7. The molecule has 0 spiro atoms. The predicted molar refractivity (Wildman–Crippen MR) is 162 cm³/mol. The number of non-ortho nitro benzene ring substituents is 1. The van der Waals surface area contributed by atoms with Gasteiger partial charge in [-0.1, -0.05) is 17.8 Å².